The molecule has 2 fully saturated rings. The standard InChI is InChI=1S/C16H26N2O6S.I2/c1-15(2)10-4-5-16(15,13(20)6-10)9-24-25(23)18-8-12(19)11(17-3)7-14(21)22;1-2/h10-11,17-18H,4-9H2,1-3H3,(H,21,22);. The largest absolute Gasteiger partial charge is 0.481 e. The van der Waals surface area contributed by atoms with Gasteiger partial charge >= 0.3 is 5.97 Å². The van der Waals surface area contributed by atoms with E-state index in [1.54, 1.807) is 0 Å². The summed E-state index contributed by atoms with van der Waals surface area (Å²) in [6.07, 6.45) is 1.91. The summed E-state index contributed by atoms with van der Waals surface area (Å²) in [7, 11) is 1.49. The van der Waals surface area contributed by atoms with Gasteiger partial charge in [0.05, 0.1) is 31.0 Å². The van der Waals surface area contributed by atoms with Crippen molar-refractivity contribution in [1.29, 1.82) is 0 Å². The normalized spacial score (nSPS) is 27.6. The molecule has 0 aliphatic heterocycles. The average molecular weight is 628 g/mol. The van der Waals surface area contributed by atoms with Crippen LogP contribution in [0.1, 0.15) is 39.5 Å². The number of carboxylic acid groups (broad SMARTS) is 1. The molecule has 4 unspecified atom stereocenters. The number of halogens is 2. The molecule has 11 heteroatoms. The lowest BCUT2D eigenvalue weighted by Gasteiger charge is -2.35. The summed E-state index contributed by atoms with van der Waals surface area (Å²) in [6.45, 7) is 3.90. The predicted molar refractivity (Wildman–Crippen MR) is 119 cm³/mol. The number of ketones is 2. The molecule has 156 valence electrons. The van der Waals surface area contributed by atoms with Crippen LogP contribution < -0.4 is 10.0 Å². The van der Waals surface area contributed by atoms with E-state index in [0.29, 0.717) is 12.3 Å². The van der Waals surface area contributed by atoms with Crippen LogP contribution >= 0.6 is 37.2 Å². The Labute approximate surface area is 185 Å². The molecule has 0 aromatic rings. The van der Waals surface area contributed by atoms with Crippen molar-refractivity contribution in [1.82, 2.24) is 10.0 Å². The third-order valence-electron chi connectivity index (χ3n) is 6.03. The lowest BCUT2D eigenvalue weighted by Crippen LogP contribution is -2.43. The Balaban J connectivity index is 0.00000176. The van der Waals surface area contributed by atoms with Crippen molar-refractivity contribution in [3.05, 3.63) is 0 Å². The summed E-state index contributed by atoms with van der Waals surface area (Å²) in [6, 6.07) is -0.855. The third kappa shape index (κ3) is 5.68. The highest BCUT2D eigenvalue weighted by atomic mass is 128. The van der Waals surface area contributed by atoms with Crippen molar-refractivity contribution >= 4 is 66.0 Å². The topological polar surface area (TPSA) is 122 Å². The van der Waals surface area contributed by atoms with E-state index in [2.05, 4.69) is 61.1 Å². The first-order chi connectivity index (χ1) is 12.6. The molecule has 2 saturated carbocycles. The number of hydrogen-bond acceptors (Lipinski definition) is 6. The SMILES string of the molecule is CNC(CC(=O)O)C(=O)CNS(=O)OCC12CCC(CC1=O)C2(C)C.II. The number of hydrogen-bond donors (Lipinski definition) is 3. The van der Waals surface area contributed by atoms with Gasteiger partial charge in [0.2, 0.25) is 11.3 Å². The van der Waals surface area contributed by atoms with Gasteiger partial charge < -0.3 is 10.4 Å². The fraction of sp³-hybridized carbons (Fsp3) is 0.812. The molecule has 2 bridgehead atoms. The number of carboxylic acids is 1. The molecular formula is C16H26I2N2O6S. The fourth-order valence-corrected chi connectivity index (χ4v) is 4.76. The van der Waals surface area contributed by atoms with Gasteiger partial charge in [-0.2, -0.15) is 0 Å². The van der Waals surface area contributed by atoms with Gasteiger partial charge in [-0.25, -0.2) is 8.93 Å². The Morgan fingerprint density at radius 1 is 1.41 bits per heavy atom. The number of nitrogens with one attached hydrogen (secondary N) is 2. The van der Waals surface area contributed by atoms with Crippen LogP contribution in [0, 0.1) is 16.7 Å². The number of likely N-dealkylation sites (N-methyl/N-ethyl adjacent to an activating group) is 1. The van der Waals surface area contributed by atoms with Crippen molar-refractivity contribution in [3.63, 3.8) is 0 Å². The van der Waals surface area contributed by atoms with Crippen molar-refractivity contribution < 1.29 is 27.9 Å². The summed E-state index contributed by atoms with van der Waals surface area (Å²) in [5.41, 5.74) is -0.779. The first-order valence-electron chi connectivity index (χ1n) is 8.52. The van der Waals surface area contributed by atoms with E-state index in [4.69, 9.17) is 9.29 Å². The number of carbonyl (C=O) groups excluding carboxylic acids is 2. The van der Waals surface area contributed by atoms with Gasteiger partial charge in [-0.1, -0.05) is 13.8 Å². The number of aliphatic carboxylic acids is 1. The van der Waals surface area contributed by atoms with Crippen molar-refractivity contribution in [2.45, 2.75) is 45.6 Å². The lowest BCUT2D eigenvalue weighted by atomic mass is 9.69. The van der Waals surface area contributed by atoms with E-state index < -0.39 is 34.5 Å². The van der Waals surface area contributed by atoms with Gasteiger partial charge in [0, 0.05) is 43.7 Å². The van der Waals surface area contributed by atoms with E-state index in [9.17, 15) is 18.6 Å². The third-order valence-corrected chi connectivity index (χ3v) is 6.74. The van der Waals surface area contributed by atoms with E-state index >= 15 is 0 Å². The molecule has 0 saturated heterocycles. The predicted octanol–water partition coefficient (Wildman–Crippen LogP) is 1.97. The summed E-state index contributed by atoms with van der Waals surface area (Å²) < 4.78 is 19.8. The molecule has 0 radical (unpaired) electrons. The zero-order valence-electron chi connectivity index (χ0n) is 15.5. The van der Waals surface area contributed by atoms with Gasteiger partial charge in [-0.3, -0.25) is 18.6 Å². The van der Waals surface area contributed by atoms with E-state index in [-0.39, 0.29) is 30.8 Å². The van der Waals surface area contributed by atoms with Gasteiger partial charge in [-0.15, -0.1) is 0 Å². The molecule has 0 spiro atoms. The Morgan fingerprint density at radius 3 is 2.48 bits per heavy atom. The Hall–Kier alpha value is 0.300. The second-order valence-corrected chi connectivity index (χ2v) is 8.38. The van der Waals surface area contributed by atoms with Crippen LogP contribution in [0.3, 0.4) is 0 Å². The van der Waals surface area contributed by atoms with Crippen LogP contribution in [-0.4, -0.2) is 53.1 Å². The highest BCUT2D eigenvalue weighted by Crippen LogP contribution is 2.63. The van der Waals surface area contributed by atoms with Gasteiger partial charge in [0.25, 0.3) is 0 Å². The Morgan fingerprint density at radius 2 is 2.04 bits per heavy atom. The van der Waals surface area contributed by atoms with Crippen molar-refractivity contribution in [3.8, 4) is 0 Å². The maximum atomic E-state index is 12.4. The minimum absolute atomic E-state index is 0.0632. The first-order valence-corrected chi connectivity index (χ1v) is 15.9. The van der Waals surface area contributed by atoms with Crippen LogP contribution in [0.25, 0.3) is 0 Å². The van der Waals surface area contributed by atoms with Crippen LogP contribution in [0.5, 0.6) is 0 Å². The zero-order chi connectivity index (χ0) is 20.8. The second kappa shape index (κ2) is 10.9. The molecule has 0 heterocycles. The molecule has 3 N–H and O–H groups in total. The van der Waals surface area contributed by atoms with Crippen LogP contribution in [0.2, 0.25) is 0 Å². The molecule has 0 amide bonds. The molecule has 27 heavy (non-hydrogen) atoms. The molecule has 4 atom stereocenters. The number of rotatable bonds is 10. The monoisotopic (exact) mass is 628 g/mol. The highest BCUT2D eigenvalue weighted by molar-refractivity contribution is 15.0. The molecule has 8 nitrogen and oxygen atoms in total. The summed E-state index contributed by atoms with van der Waals surface area (Å²) in [5, 5.41) is 11.4. The molecular weight excluding hydrogens is 602 g/mol. The van der Waals surface area contributed by atoms with E-state index in [1.807, 2.05) is 0 Å². The summed E-state index contributed by atoms with van der Waals surface area (Å²) >= 11 is 2.32. The maximum Gasteiger partial charge on any atom is 0.305 e. The molecule has 2 aliphatic carbocycles. The number of Topliss-reactive ketones (excluding diaryl/α,β-unsaturated/α-hetero) is 2. The zero-order valence-corrected chi connectivity index (χ0v) is 20.7. The fourth-order valence-electron chi connectivity index (χ4n) is 4.11. The molecule has 0 aromatic carbocycles. The molecule has 2 aliphatic rings. The summed E-state index contributed by atoms with van der Waals surface area (Å²) in [5.74, 6) is -1.00. The Kier molecular flexibility index (Phi) is 10.2. The van der Waals surface area contributed by atoms with Gasteiger partial charge in [0.1, 0.15) is 5.78 Å². The maximum absolute atomic E-state index is 12.4. The van der Waals surface area contributed by atoms with Crippen LogP contribution in [0.4, 0.5) is 0 Å². The minimum atomic E-state index is -1.92. The van der Waals surface area contributed by atoms with Crippen molar-refractivity contribution in [2.24, 2.45) is 16.7 Å². The average Bonchev–Trinajstić information content (AvgIpc) is 2.98. The smallest absolute Gasteiger partial charge is 0.305 e. The lowest BCUT2D eigenvalue weighted by molar-refractivity contribution is -0.139. The summed E-state index contributed by atoms with van der Waals surface area (Å²) in [4.78, 5) is 35.0. The van der Waals surface area contributed by atoms with E-state index in [1.165, 1.54) is 7.05 Å². The van der Waals surface area contributed by atoms with Gasteiger partial charge in [-0.05, 0) is 31.2 Å². The quantitative estimate of drug-likeness (QED) is 0.317. The first kappa shape index (κ1) is 25.3. The van der Waals surface area contributed by atoms with Crippen LogP contribution in [-0.2, 0) is 29.8 Å². The number of fused-ring (bicyclic) bond motifs is 2. The Bertz CT molecular complexity index is 603. The van der Waals surface area contributed by atoms with Gasteiger partial charge in [0.15, 0.2) is 5.78 Å². The van der Waals surface area contributed by atoms with Crippen LogP contribution in [0.15, 0.2) is 0 Å². The van der Waals surface area contributed by atoms with Crippen molar-refractivity contribution in [2.75, 3.05) is 20.2 Å². The molecule has 0 aromatic heterocycles. The number of carbonyl (C=O) groups is 3. The second-order valence-electron chi connectivity index (χ2n) is 7.39. The minimum Gasteiger partial charge on any atom is -0.481 e. The molecule has 2 rings (SSSR count). The highest BCUT2D eigenvalue weighted by Gasteiger charge is 2.64. The van der Waals surface area contributed by atoms with E-state index in [0.717, 1.165) is 12.8 Å².